The summed E-state index contributed by atoms with van der Waals surface area (Å²) in [4.78, 5) is 0. The molecule has 0 spiro atoms. The van der Waals surface area contributed by atoms with Crippen molar-refractivity contribution in [2.24, 2.45) is 0 Å². The van der Waals surface area contributed by atoms with Crippen molar-refractivity contribution in [1.29, 1.82) is 5.26 Å². The lowest BCUT2D eigenvalue weighted by molar-refractivity contribution is 0.415. The summed E-state index contributed by atoms with van der Waals surface area (Å²) in [6.07, 6.45) is 0.291. The highest BCUT2D eigenvalue weighted by molar-refractivity contribution is 6.30. The van der Waals surface area contributed by atoms with E-state index in [1.54, 1.807) is 30.3 Å². The molecule has 0 unspecified atom stereocenters. The molecule has 0 aliphatic heterocycles. The van der Waals surface area contributed by atoms with Gasteiger partial charge in [-0.3, -0.25) is 0 Å². The van der Waals surface area contributed by atoms with Crippen molar-refractivity contribution in [3.8, 4) is 22.9 Å². The van der Waals surface area contributed by atoms with Gasteiger partial charge in [-0.25, -0.2) is 4.39 Å². The lowest BCUT2D eigenvalue weighted by Crippen LogP contribution is -1.93. The van der Waals surface area contributed by atoms with Gasteiger partial charge in [0.2, 0.25) is 0 Å². The van der Waals surface area contributed by atoms with Crippen LogP contribution in [0.15, 0.2) is 36.4 Å². The van der Waals surface area contributed by atoms with Crippen molar-refractivity contribution in [2.45, 2.75) is 6.42 Å². The minimum Gasteiger partial charge on any atom is -0.496 e. The van der Waals surface area contributed by atoms with Crippen LogP contribution in [0, 0.1) is 17.1 Å². The van der Waals surface area contributed by atoms with Gasteiger partial charge >= 0.3 is 0 Å². The van der Waals surface area contributed by atoms with Gasteiger partial charge in [-0.05, 0) is 29.8 Å². The first-order valence-corrected chi connectivity index (χ1v) is 6.03. The van der Waals surface area contributed by atoms with E-state index in [4.69, 9.17) is 21.6 Å². The van der Waals surface area contributed by atoms with Crippen LogP contribution in [0.3, 0.4) is 0 Å². The van der Waals surface area contributed by atoms with Crippen LogP contribution in [0.5, 0.6) is 5.75 Å². The molecular weight excluding hydrogens is 265 g/mol. The molecular formula is C15H11ClFNO. The Morgan fingerprint density at radius 1 is 1.21 bits per heavy atom. The average molecular weight is 276 g/mol. The highest BCUT2D eigenvalue weighted by Crippen LogP contribution is 2.33. The van der Waals surface area contributed by atoms with E-state index >= 15 is 0 Å². The highest BCUT2D eigenvalue weighted by atomic mass is 35.5. The number of hydrogen-bond acceptors (Lipinski definition) is 2. The maximum absolute atomic E-state index is 13.9. The third kappa shape index (κ3) is 2.86. The fourth-order valence-electron chi connectivity index (χ4n) is 1.87. The number of ether oxygens (including phenoxy) is 1. The van der Waals surface area contributed by atoms with Gasteiger partial charge in [0.15, 0.2) is 0 Å². The molecule has 2 nitrogen and oxygen atoms in total. The summed E-state index contributed by atoms with van der Waals surface area (Å²) in [6.45, 7) is 0. The van der Waals surface area contributed by atoms with Gasteiger partial charge in [0.05, 0.1) is 19.6 Å². The molecule has 0 fully saturated rings. The standard InChI is InChI=1S/C15H11ClFNO/c1-19-15-8-10(6-7-18)2-4-13(15)12-5-3-11(16)9-14(12)17/h2-5,8-9H,6H2,1H3. The summed E-state index contributed by atoms with van der Waals surface area (Å²) in [6, 6.07) is 11.8. The Kier molecular flexibility index (Phi) is 4.03. The smallest absolute Gasteiger partial charge is 0.132 e. The monoisotopic (exact) mass is 275 g/mol. The Hall–Kier alpha value is -2.05. The van der Waals surface area contributed by atoms with Crippen molar-refractivity contribution < 1.29 is 9.13 Å². The second-order valence-electron chi connectivity index (χ2n) is 3.99. The van der Waals surface area contributed by atoms with Gasteiger partial charge in [0.1, 0.15) is 11.6 Å². The number of hydrogen-bond donors (Lipinski definition) is 0. The molecule has 0 aliphatic carbocycles. The van der Waals surface area contributed by atoms with Gasteiger partial charge in [-0.1, -0.05) is 23.7 Å². The van der Waals surface area contributed by atoms with Gasteiger partial charge in [0.25, 0.3) is 0 Å². The van der Waals surface area contributed by atoms with E-state index in [1.165, 1.54) is 13.2 Å². The third-order valence-electron chi connectivity index (χ3n) is 2.77. The number of nitriles is 1. The SMILES string of the molecule is COc1cc(CC#N)ccc1-c1ccc(Cl)cc1F. The van der Waals surface area contributed by atoms with E-state index < -0.39 is 5.82 Å². The molecule has 2 aromatic rings. The predicted molar refractivity (Wildman–Crippen MR) is 72.7 cm³/mol. The second kappa shape index (κ2) is 5.73. The summed E-state index contributed by atoms with van der Waals surface area (Å²) in [7, 11) is 1.52. The Balaban J connectivity index is 2.53. The summed E-state index contributed by atoms with van der Waals surface area (Å²) in [5, 5.41) is 9.03. The molecule has 0 N–H and O–H groups in total. The molecule has 0 saturated carbocycles. The van der Waals surface area contributed by atoms with Crippen LogP contribution in [-0.2, 0) is 6.42 Å². The number of rotatable bonds is 3. The molecule has 0 heterocycles. The van der Waals surface area contributed by atoms with Gasteiger partial charge in [-0.2, -0.15) is 5.26 Å². The van der Waals surface area contributed by atoms with Gasteiger partial charge in [0, 0.05) is 16.1 Å². The molecule has 2 aromatic carbocycles. The zero-order valence-electron chi connectivity index (χ0n) is 10.3. The fraction of sp³-hybridized carbons (Fsp3) is 0.133. The Bertz CT molecular complexity index is 649. The number of nitrogens with zero attached hydrogens (tertiary/aromatic N) is 1. The second-order valence-corrected chi connectivity index (χ2v) is 4.43. The van der Waals surface area contributed by atoms with Crippen molar-refractivity contribution in [1.82, 2.24) is 0 Å². The predicted octanol–water partition coefficient (Wildman–Crippen LogP) is 4.22. The lowest BCUT2D eigenvalue weighted by atomic mass is 10.0. The Morgan fingerprint density at radius 2 is 1.95 bits per heavy atom. The van der Waals surface area contributed by atoms with Crippen LogP contribution >= 0.6 is 11.6 Å². The maximum atomic E-state index is 13.9. The van der Waals surface area contributed by atoms with E-state index in [1.807, 2.05) is 0 Å². The fourth-order valence-corrected chi connectivity index (χ4v) is 2.03. The molecule has 0 aromatic heterocycles. The van der Waals surface area contributed by atoms with Crippen molar-refractivity contribution in [3.05, 3.63) is 52.8 Å². The minimum atomic E-state index is -0.404. The molecule has 0 amide bonds. The molecule has 0 saturated heterocycles. The van der Waals surface area contributed by atoms with Crippen molar-refractivity contribution >= 4 is 11.6 Å². The summed E-state index contributed by atoms with van der Waals surface area (Å²) >= 11 is 5.74. The van der Waals surface area contributed by atoms with E-state index in [9.17, 15) is 4.39 Å². The lowest BCUT2D eigenvalue weighted by Gasteiger charge is -2.11. The van der Waals surface area contributed by atoms with Crippen LogP contribution in [0.25, 0.3) is 11.1 Å². The molecule has 19 heavy (non-hydrogen) atoms. The molecule has 0 bridgehead atoms. The summed E-state index contributed by atoms with van der Waals surface area (Å²) < 4.78 is 19.2. The van der Waals surface area contributed by atoms with Crippen LogP contribution in [-0.4, -0.2) is 7.11 Å². The first-order chi connectivity index (χ1) is 9.15. The van der Waals surface area contributed by atoms with Gasteiger partial charge in [-0.15, -0.1) is 0 Å². The summed E-state index contributed by atoms with van der Waals surface area (Å²) in [5.41, 5.74) is 1.89. The zero-order chi connectivity index (χ0) is 13.8. The number of benzene rings is 2. The van der Waals surface area contributed by atoms with Crippen LogP contribution in [0.2, 0.25) is 5.02 Å². The van der Waals surface area contributed by atoms with Crippen molar-refractivity contribution in [3.63, 3.8) is 0 Å². The minimum absolute atomic E-state index is 0.291. The third-order valence-corrected chi connectivity index (χ3v) is 3.01. The van der Waals surface area contributed by atoms with Gasteiger partial charge < -0.3 is 4.74 Å². The Morgan fingerprint density at radius 3 is 2.58 bits per heavy atom. The molecule has 0 aliphatic rings. The topological polar surface area (TPSA) is 33.0 Å². The molecule has 2 rings (SSSR count). The average Bonchev–Trinajstić information content (AvgIpc) is 2.39. The first-order valence-electron chi connectivity index (χ1n) is 5.65. The first kappa shape index (κ1) is 13.4. The van der Waals surface area contributed by atoms with E-state index in [-0.39, 0.29) is 0 Å². The zero-order valence-corrected chi connectivity index (χ0v) is 11.0. The molecule has 0 radical (unpaired) electrons. The van der Waals surface area contributed by atoms with E-state index in [0.717, 1.165) is 5.56 Å². The quantitative estimate of drug-likeness (QED) is 0.840. The van der Waals surface area contributed by atoms with Crippen molar-refractivity contribution in [2.75, 3.05) is 7.11 Å². The van der Waals surface area contributed by atoms with Crippen LogP contribution < -0.4 is 4.74 Å². The summed E-state index contributed by atoms with van der Waals surface area (Å²) in [5.74, 6) is 0.132. The maximum Gasteiger partial charge on any atom is 0.132 e. The van der Waals surface area contributed by atoms with Crippen LogP contribution in [0.4, 0.5) is 4.39 Å². The molecule has 96 valence electrons. The molecule has 0 atom stereocenters. The van der Waals surface area contributed by atoms with E-state index in [2.05, 4.69) is 6.07 Å². The Labute approximate surface area is 116 Å². The highest BCUT2D eigenvalue weighted by Gasteiger charge is 2.11. The number of methoxy groups -OCH3 is 1. The largest absolute Gasteiger partial charge is 0.496 e. The van der Waals surface area contributed by atoms with Crippen LogP contribution in [0.1, 0.15) is 5.56 Å². The van der Waals surface area contributed by atoms with E-state index in [0.29, 0.717) is 28.3 Å². The normalized spacial score (nSPS) is 10.0. The number of halogens is 2. The molecule has 4 heteroatoms.